The lowest BCUT2D eigenvalue weighted by atomic mass is 10.1. The Morgan fingerprint density at radius 1 is 1.35 bits per heavy atom. The molecule has 4 heteroatoms. The van der Waals surface area contributed by atoms with Crippen LogP contribution in [-0.2, 0) is 11.0 Å². The zero-order chi connectivity index (χ0) is 13.1. The number of hydrogen-bond acceptors (Lipinski definition) is 1. The maximum atomic E-state index is 13.6. The first-order valence-electron chi connectivity index (χ1n) is 5.60. The van der Waals surface area contributed by atoms with Gasteiger partial charge in [-0.1, -0.05) is 25.1 Å². The first-order chi connectivity index (χ1) is 7.86. The van der Waals surface area contributed by atoms with E-state index in [1.165, 1.54) is 6.07 Å². The Kier molecular flexibility index (Phi) is 4.57. The van der Waals surface area contributed by atoms with Gasteiger partial charge in [-0.2, -0.15) is 4.40 Å². The second-order valence-corrected chi connectivity index (χ2v) is 6.64. The van der Waals surface area contributed by atoms with Crippen LogP contribution in [0.1, 0.15) is 39.7 Å². The van der Waals surface area contributed by atoms with Crippen LogP contribution in [0.2, 0.25) is 0 Å². The third-order valence-electron chi connectivity index (χ3n) is 2.24. The summed E-state index contributed by atoms with van der Waals surface area (Å²) >= 11 is 0. The van der Waals surface area contributed by atoms with Crippen LogP contribution in [0, 0.1) is 5.82 Å². The molecule has 0 heterocycles. The minimum Gasteiger partial charge on any atom is -0.234 e. The molecule has 0 saturated carbocycles. The summed E-state index contributed by atoms with van der Waals surface area (Å²) in [6, 6.07) is 6.44. The largest absolute Gasteiger partial charge is 0.234 e. The molecule has 0 saturated heterocycles. The van der Waals surface area contributed by atoms with Gasteiger partial charge in [0.05, 0.1) is 10.5 Å². The van der Waals surface area contributed by atoms with Gasteiger partial charge in [-0.3, -0.25) is 0 Å². The van der Waals surface area contributed by atoms with Gasteiger partial charge in [0.25, 0.3) is 0 Å². The topological polar surface area (TPSA) is 29.4 Å². The number of nitrogens with zero attached hydrogens (tertiary/aromatic N) is 1. The number of hydrogen-bond donors (Lipinski definition) is 0. The summed E-state index contributed by atoms with van der Waals surface area (Å²) in [5.41, 5.74) is 0.990. The Labute approximate surface area is 105 Å². The Bertz CT molecular complexity index is 449. The molecule has 1 unspecified atom stereocenters. The molecule has 1 aromatic carbocycles. The van der Waals surface area contributed by atoms with Crippen LogP contribution >= 0.6 is 0 Å². The summed E-state index contributed by atoms with van der Waals surface area (Å²) in [5, 5.41) is 0. The van der Waals surface area contributed by atoms with Gasteiger partial charge in [0.15, 0.2) is 0 Å². The number of benzene rings is 1. The van der Waals surface area contributed by atoms with E-state index in [9.17, 15) is 8.60 Å². The Hall–Kier alpha value is -1.03. The molecule has 1 rings (SSSR count). The minimum atomic E-state index is -1.35. The smallest absolute Gasteiger partial charge is 0.145 e. The molecule has 0 aliphatic heterocycles. The molecule has 0 aliphatic carbocycles. The lowest BCUT2D eigenvalue weighted by molar-refractivity contribution is 0.624. The van der Waals surface area contributed by atoms with Gasteiger partial charge in [-0.15, -0.1) is 0 Å². The molecule has 0 amide bonds. The van der Waals surface area contributed by atoms with Crippen molar-refractivity contribution in [3.05, 3.63) is 35.6 Å². The van der Waals surface area contributed by atoms with E-state index in [4.69, 9.17) is 0 Å². The third-order valence-corrected chi connectivity index (χ3v) is 3.67. The van der Waals surface area contributed by atoms with Gasteiger partial charge >= 0.3 is 0 Å². The molecule has 0 radical (unpaired) electrons. The van der Waals surface area contributed by atoms with Gasteiger partial charge in [-0.05, 0) is 33.3 Å². The van der Waals surface area contributed by atoms with Crippen molar-refractivity contribution in [2.75, 3.05) is 0 Å². The van der Waals surface area contributed by atoms with Crippen molar-refractivity contribution >= 4 is 16.7 Å². The first kappa shape index (κ1) is 14.0. The van der Waals surface area contributed by atoms with Crippen LogP contribution in [0.25, 0.3) is 0 Å². The van der Waals surface area contributed by atoms with Crippen molar-refractivity contribution in [2.45, 2.75) is 38.9 Å². The van der Waals surface area contributed by atoms with Gasteiger partial charge in [0, 0.05) is 5.56 Å². The Balaban J connectivity index is 3.13. The van der Waals surface area contributed by atoms with E-state index in [-0.39, 0.29) is 5.82 Å². The molecule has 2 nitrogen and oxygen atoms in total. The van der Waals surface area contributed by atoms with Crippen molar-refractivity contribution in [1.82, 2.24) is 0 Å². The second-order valence-electron chi connectivity index (χ2n) is 4.73. The van der Waals surface area contributed by atoms with Crippen molar-refractivity contribution in [1.29, 1.82) is 0 Å². The molecule has 1 aromatic rings. The minimum absolute atomic E-state index is 0.320. The molecule has 0 bridgehead atoms. The summed E-state index contributed by atoms with van der Waals surface area (Å²) in [6.07, 6.45) is 0.558. The van der Waals surface area contributed by atoms with Crippen LogP contribution in [-0.4, -0.2) is 14.7 Å². The highest BCUT2D eigenvalue weighted by molar-refractivity contribution is 7.85. The van der Waals surface area contributed by atoms with E-state index in [1.807, 2.05) is 27.7 Å². The quantitative estimate of drug-likeness (QED) is 0.760. The lowest BCUT2D eigenvalue weighted by Gasteiger charge is -2.15. The molecule has 17 heavy (non-hydrogen) atoms. The summed E-state index contributed by atoms with van der Waals surface area (Å²) in [4.78, 5) is 0. The maximum absolute atomic E-state index is 13.6. The highest BCUT2D eigenvalue weighted by atomic mass is 32.2. The highest BCUT2D eigenvalue weighted by Crippen LogP contribution is 2.16. The highest BCUT2D eigenvalue weighted by Gasteiger charge is 2.20. The average Bonchev–Trinajstić information content (AvgIpc) is 2.25. The molecular weight excluding hydrogens is 237 g/mol. The van der Waals surface area contributed by atoms with E-state index in [0.29, 0.717) is 17.7 Å². The number of halogens is 1. The van der Waals surface area contributed by atoms with E-state index in [1.54, 1.807) is 18.2 Å². The molecule has 0 aliphatic rings. The van der Waals surface area contributed by atoms with Crippen molar-refractivity contribution in [3.8, 4) is 0 Å². The molecule has 0 fully saturated rings. The monoisotopic (exact) mass is 255 g/mol. The predicted molar refractivity (Wildman–Crippen MR) is 71.1 cm³/mol. The van der Waals surface area contributed by atoms with Gasteiger partial charge in [0.2, 0.25) is 0 Å². The summed E-state index contributed by atoms with van der Waals surface area (Å²) < 4.78 is 29.2. The fourth-order valence-corrected chi connectivity index (χ4v) is 1.94. The van der Waals surface area contributed by atoms with E-state index in [0.717, 1.165) is 0 Å². The Morgan fingerprint density at radius 3 is 2.41 bits per heavy atom. The third kappa shape index (κ3) is 3.73. The molecule has 0 N–H and O–H groups in total. The maximum Gasteiger partial charge on any atom is 0.145 e. The van der Waals surface area contributed by atoms with Gasteiger partial charge in [-0.25, -0.2) is 8.60 Å². The zero-order valence-corrected chi connectivity index (χ0v) is 11.5. The molecular formula is C13H18FNOS. The molecule has 0 aromatic heterocycles. The zero-order valence-electron chi connectivity index (χ0n) is 10.7. The molecule has 1 atom stereocenters. The normalized spacial score (nSPS) is 14.8. The van der Waals surface area contributed by atoms with Crippen LogP contribution < -0.4 is 0 Å². The molecule has 0 spiro atoms. The fourth-order valence-electron chi connectivity index (χ4n) is 1.24. The fraction of sp³-hybridized carbons (Fsp3) is 0.462. The standard InChI is InChI=1S/C13H18FNOS/c1-5-12(15-17(16)13(2,3)4)10-8-6-7-9-11(10)14/h6-9H,5H2,1-4H3. The number of rotatable bonds is 3. The van der Waals surface area contributed by atoms with Crippen LogP contribution in [0.5, 0.6) is 0 Å². The van der Waals surface area contributed by atoms with Crippen LogP contribution in [0.15, 0.2) is 28.7 Å². The average molecular weight is 255 g/mol. The molecule has 94 valence electrons. The summed E-state index contributed by atoms with van der Waals surface area (Å²) in [5.74, 6) is -0.320. The Morgan fingerprint density at radius 2 is 1.94 bits per heavy atom. The van der Waals surface area contributed by atoms with Crippen molar-refractivity contribution in [2.24, 2.45) is 4.40 Å². The first-order valence-corrected chi connectivity index (χ1v) is 6.71. The summed E-state index contributed by atoms with van der Waals surface area (Å²) in [7, 11) is -1.35. The second kappa shape index (κ2) is 5.54. The van der Waals surface area contributed by atoms with Crippen LogP contribution in [0.3, 0.4) is 0 Å². The van der Waals surface area contributed by atoms with Crippen molar-refractivity contribution in [3.63, 3.8) is 0 Å². The van der Waals surface area contributed by atoms with Crippen LogP contribution in [0.4, 0.5) is 4.39 Å². The van der Waals surface area contributed by atoms with Crippen molar-refractivity contribution < 1.29 is 8.60 Å². The van der Waals surface area contributed by atoms with E-state index < -0.39 is 15.7 Å². The summed E-state index contributed by atoms with van der Waals surface area (Å²) in [6.45, 7) is 7.43. The van der Waals surface area contributed by atoms with Gasteiger partial charge < -0.3 is 0 Å². The van der Waals surface area contributed by atoms with E-state index in [2.05, 4.69) is 4.40 Å². The van der Waals surface area contributed by atoms with E-state index >= 15 is 0 Å². The lowest BCUT2D eigenvalue weighted by Crippen LogP contribution is -2.21. The predicted octanol–water partition coefficient (Wildman–Crippen LogP) is 3.49. The van der Waals surface area contributed by atoms with Gasteiger partial charge in [0.1, 0.15) is 16.8 Å². The SMILES string of the molecule is CCC(=NS(=O)C(C)(C)C)c1ccccc1F.